The van der Waals surface area contributed by atoms with Gasteiger partial charge in [0.15, 0.2) is 17.4 Å². The van der Waals surface area contributed by atoms with Crippen LogP contribution in [0.3, 0.4) is 0 Å². The highest BCUT2D eigenvalue weighted by Gasteiger charge is 2.31. The molecule has 0 aromatic carbocycles. The van der Waals surface area contributed by atoms with Gasteiger partial charge in [0.1, 0.15) is 0 Å². The van der Waals surface area contributed by atoms with Gasteiger partial charge in [-0.2, -0.15) is 13.2 Å². The normalized spacial score (nSPS) is 13.5. The number of guanidine groups is 1. The SMILES string of the molecule is CCC(C)NC(=NC)NCc1nnc2ccc(C(F)(F)F)cn12.I. The number of hydrogen-bond acceptors (Lipinski definition) is 3. The van der Waals surface area contributed by atoms with Gasteiger partial charge in [0, 0.05) is 19.3 Å². The van der Waals surface area contributed by atoms with Crippen molar-refractivity contribution >= 4 is 35.6 Å². The number of halogens is 4. The van der Waals surface area contributed by atoms with E-state index in [0.29, 0.717) is 17.4 Å². The summed E-state index contributed by atoms with van der Waals surface area (Å²) in [5, 5.41) is 14.0. The van der Waals surface area contributed by atoms with Gasteiger partial charge in [-0.05, 0) is 25.5 Å². The molecule has 2 rings (SSSR count). The van der Waals surface area contributed by atoms with Crippen molar-refractivity contribution in [1.29, 1.82) is 0 Å². The van der Waals surface area contributed by atoms with Gasteiger partial charge in [-0.1, -0.05) is 6.92 Å². The molecule has 2 heterocycles. The van der Waals surface area contributed by atoms with Crippen molar-refractivity contribution in [1.82, 2.24) is 25.2 Å². The number of hydrogen-bond donors (Lipinski definition) is 2. The lowest BCUT2D eigenvalue weighted by Gasteiger charge is -2.16. The molecule has 0 saturated heterocycles. The monoisotopic (exact) mass is 456 g/mol. The fourth-order valence-corrected chi connectivity index (χ4v) is 1.92. The van der Waals surface area contributed by atoms with E-state index in [1.165, 1.54) is 10.5 Å². The predicted octanol–water partition coefficient (Wildman–Crippen LogP) is 2.83. The number of alkyl halides is 3. The summed E-state index contributed by atoms with van der Waals surface area (Å²) in [5.74, 6) is 0.932. The third kappa shape index (κ3) is 4.95. The molecule has 1 atom stereocenters. The molecule has 6 nitrogen and oxygen atoms in total. The third-order valence-electron chi connectivity index (χ3n) is 3.43. The van der Waals surface area contributed by atoms with Crippen LogP contribution in [0.1, 0.15) is 31.7 Å². The first-order valence-electron chi connectivity index (χ1n) is 7.23. The lowest BCUT2D eigenvalue weighted by molar-refractivity contribution is -0.137. The number of nitrogens with zero attached hydrogens (tertiary/aromatic N) is 4. The Hall–Kier alpha value is -1.59. The van der Waals surface area contributed by atoms with Crippen molar-refractivity contribution in [2.24, 2.45) is 4.99 Å². The van der Waals surface area contributed by atoms with Crippen LogP contribution in [-0.4, -0.2) is 33.6 Å². The second-order valence-corrected chi connectivity index (χ2v) is 5.14. The first kappa shape index (κ1) is 20.5. The Morgan fingerprint density at radius 3 is 2.62 bits per heavy atom. The van der Waals surface area contributed by atoms with E-state index in [9.17, 15) is 13.2 Å². The molecule has 0 aliphatic rings. The molecule has 2 N–H and O–H groups in total. The summed E-state index contributed by atoms with van der Waals surface area (Å²) in [6, 6.07) is 2.52. The van der Waals surface area contributed by atoms with Crippen LogP contribution in [0.15, 0.2) is 23.3 Å². The molecule has 0 amide bonds. The Morgan fingerprint density at radius 1 is 1.33 bits per heavy atom. The van der Waals surface area contributed by atoms with Crippen LogP contribution in [0.4, 0.5) is 13.2 Å². The predicted molar refractivity (Wildman–Crippen MR) is 96.5 cm³/mol. The van der Waals surface area contributed by atoms with Crippen LogP contribution in [0, 0.1) is 0 Å². The second-order valence-electron chi connectivity index (χ2n) is 5.14. The molecule has 0 spiro atoms. The average Bonchev–Trinajstić information content (AvgIpc) is 2.92. The van der Waals surface area contributed by atoms with Crippen LogP contribution in [0.2, 0.25) is 0 Å². The molecule has 0 radical (unpaired) electrons. The van der Waals surface area contributed by atoms with Gasteiger partial charge >= 0.3 is 6.18 Å². The quantitative estimate of drug-likeness (QED) is 0.422. The summed E-state index contributed by atoms with van der Waals surface area (Å²) in [6.07, 6.45) is -2.49. The zero-order chi connectivity index (χ0) is 17.0. The molecule has 2 aromatic rings. The molecule has 134 valence electrons. The Morgan fingerprint density at radius 2 is 2.04 bits per heavy atom. The van der Waals surface area contributed by atoms with E-state index < -0.39 is 11.7 Å². The summed E-state index contributed by atoms with van der Waals surface area (Å²) < 4.78 is 39.7. The molecule has 0 fully saturated rings. The van der Waals surface area contributed by atoms with E-state index in [1.807, 2.05) is 13.8 Å². The highest BCUT2D eigenvalue weighted by molar-refractivity contribution is 14.0. The molecular weight excluding hydrogens is 436 g/mol. The van der Waals surface area contributed by atoms with Crippen molar-refractivity contribution in [3.63, 3.8) is 0 Å². The summed E-state index contributed by atoms with van der Waals surface area (Å²) in [5.41, 5.74) is -0.382. The Kier molecular flexibility index (Phi) is 7.24. The van der Waals surface area contributed by atoms with E-state index in [4.69, 9.17) is 0 Å². The Balaban J connectivity index is 0.00000288. The highest BCUT2D eigenvalue weighted by Crippen LogP contribution is 2.29. The molecule has 0 aliphatic carbocycles. The van der Waals surface area contributed by atoms with Gasteiger partial charge in [-0.3, -0.25) is 9.39 Å². The summed E-state index contributed by atoms with van der Waals surface area (Å²) in [7, 11) is 1.63. The minimum Gasteiger partial charge on any atom is -0.354 e. The number of pyridine rings is 1. The van der Waals surface area contributed by atoms with Crippen molar-refractivity contribution in [3.8, 4) is 0 Å². The first-order valence-corrected chi connectivity index (χ1v) is 7.23. The first-order chi connectivity index (χ1) is 10.8. The fraction of sp³-hybridized carbons (Fsp3) is 0.500. The van der Waals surface area contributed by atoms with Crippen LogP contribution < -0.4 is 10.6 Å². The maximum Gasteiger partial charge on any atom is 0.417 e. The summed E-state index contributed by atoms with van der Waals surface area (Å²) in [4.78, 5) is 4.07. The third-order valence-corrected chi connectivity index (χ3v) is 3.43. The maximum atomic E-state index is 12.8. The second kappa shape index (κ2) is 8.49. The molecule has 0 saturated carbocycles. The van der Waals surface area contributed by atoms with Gasteiger partial charge in [0.2, 0.25) is 0 Å². The van der Waals surface area contributed by atoms with Crippen molar-refractivity contribution < 1.29 is 13.2 Å². The largest absolute Gasteiger partial charge is 0.417 e. The molecule has 24 heavy (non-hydrogen) atoms. The maximum absolute atomic E-state index is 12.8. The lowest BCUT2D eigenvalue weighted by Crippen LogP contribution is -2.41. The number of fused-ring (bicyclic) bond motifs is 1. The number of nitrogens with one attached hydrogen (secondary N) is 2. The lowest BCUT2D eigenvalue weighted by atomic mass is 10.3. The molecule has 2 aromatic heterocycles. The fourth-order valence-electron chi connectivity index (χ4n) is 1.92. The number of aromatic nitrogens is 3. The molecule has 1 unspecified atom stereocenters. The minimum atomic E-state index is -4.41. The van der Waals surface area contributed by atoms with Gasteiger partial charge in [0.25, 0.3) is 0 Å². The number of aliphatic imine (C=N–C) groups is 1. The highest BCUT2D eigenvalue weighted by atomic mass is 127. The van der Waals surface area contributed by atoms with E-state index in [-0.39, 0.29) is 36.6 Å². The van der Waals surface area contributed by atoms with Crippen molar-refractivity contribution in [2.45, 2.75) is 39.0 Å². The molecule has 0 bridgehead atoms. The minimum absolute atomic E-state index is 0. The zero-order valence-corrected chi connectivity index (χ0v) is 15.9. The summed E-state index contributed by atoms with van der Waals surface area (Å²) >= 11 is 0. The summed E-state index contributed by atoms with van der Waals surface area (Å²) in [6.45, 7) is 4.25. The van der Waals surface area contributed by atoms with Gasteiger partial charge in [0.05, 0.1) is 12.1 Å². The van der Waals surface area contributed by atoms with E-state index in [0.717, 1.165) is 18.7 Å². The average molecular weight is 456 g/mol. The van der Waals surface area contributed by atoms with Crippen LogP contribution in [-0.2, 0) is 12.7 Å². The van der Waals surface area contributed by atoms with Crippen LogP contribution in [0.5, 0.6) is 0 Å². The van der Waals surface area contributed by atoms with Gasteiger partial charge in [-0.25, -0.2) is 0 Å². The van der Waals surface area contributed by atoms with Gasteiger partial charge < -0.3 is 10.6 Å². The number of rotatable bonds is 4. The molecule has 10 heteroatoms. The van der Waals surface area contributed by atoms with Crippen molar-refractivity contribution in [2.75, 3.05) is 7.05 Å². The smallest absolute Gasteiger partial charge is 0.354 e. The molecule has 0 aliphatic heterocycles. The van der Waals surface area contributed by atoms with Crippen LogP contribution in [0.25, 0.3) is 5.65 Å². The Bertz CT molecular complexity index is 697. The topological polar surface area (TPSA) is 66.6 Å². The zero-order valence-electron chi connectivity index (χ0n) is 13.6. The van der Waals surface area contributed by atoms with Gasteiger partial charge in [-0.15, -0.1) is 34.2 Å². The van der Waals surface area contributed by atoms with E-state index >= 15 is 0 Å². The van der Waals surface area contributed by atoms with Crippen LogP contribution >= 0.6 is 24.0 Å². The standard InChI is InChI=1S/C14H19F3N6.HI/c1-4-9(2)20-13(18-3)19-7-12-22-21-11-6-5-10(8-23(11)12)14(15,16)17;/h5-6,8-9H,4,7H2,1-3H3,(H2,18,19,20);1H. The van der Waals surface area contributed by atoms with E-state index in [2.05, 4.69) is 25.8 Å². The van der Waals surface area contributed by atoms with E-state index in [1.54, 1.807) is 7.05 Å². The van der Waals surface area contributed by atoms with Crippen molar-refractivity contribution in [3.05, 3.63) is 29.7 Å². The molecular formula is C14H20F3IN6. The Labute approximate surface area is 155 Å².